The molecule has 2 rings (SSSR count). The maximum absolute atomic E-state index is 11.4. The highest BCUT2D eigenvalue weighted by atomic mass is 16.3. The van der Waals surface area contributed by atoms with Crippen LogP contribution in [-0.2, 0) is 9.59 Å². The third-order valence-corrected chi connectivity index (χ3v) is 3.36. The fourth-order valence-electron chi connectivity index (χ4n) is 2.17. The van der Waals surface area contributed by atoms with E-state index >= 15 is 0 Å². The van der Waals surface area contributed by atoms with Gasteiger partial charge in [0, 0.05) is 0 Å². The van der Waals surface area contributed by atoms with Crippen LogP contribution in [-0.4, -0.2) is 22.0 Å². The number of nitriles is 2. The van der Waals surface area contributed by atoms with E-state index in [0.29, 0.717) is 11.1 Å². The molecule has 0 spiro atoms. The van der Waals surface area contributed by atoms with Gasteiger partial charge in [0.05, 0.1) is 23.5 Å². The second-order valence-corrected chi connectivity index (χ2v) is 5.23. The first kappa shape index (κ1) is 18.3. The van der Waals surface area contributed by atoms with Crippen molar-refractivity contribution < 1.29 is 19.8 Å². The Bertz CT molecular complexity index is 864. The monoisotopic (exact) mass is 350 g/mol. The third kappa shape index (κ3) is 4.49. The number of rotatable bonds is 5. The van der Waals surface area contributed by atoms with Gasteiger partial charge in [-0.15, -0.1) is 0 Å². The van der Waals surface area contributed by atoms with Crippen LogP contribution >= 0.6 is 0 Å². The minimum Gasteiger partial charge on any atom is -0.506 e. The van der Waals surface area contributed by atoms with Gasteiger partial charge in [0.2, 0.25) is 11.8 Å². The van der Waals surface area contributed by atoms with E-state index in [1.165, 1.54) is 24.3 Å². The lowest BCUT2D eigenvalue weighted by Crippen LogP contribution is -2.10. The number of amides is 2. The Morgan fingerprint density at radius 2 is 1.19 bits per heavy atom. The van der Waals surface area contributed by atoms with Crippen molar-refractivity contribution in [1.29, 1.82) is 10.5 Å². The van der Waals surface area contributed by atoms with Gasteiger partial charge in [0.1, 0.15) is 24.3 Å². The number of hydrogen-bond acceptors (Lipinski definition) is 6. The SMILES string of the molecule is N#CCC(=O)Nc1ccc(-c2ccc(NC(=O)CC#N)c(O)c2)cc1O. The van der Waals surface area contributed by atoms with Gasteiger partial charge in [-0.1, -0.05) is 12.1 Å². The number of aromatic hydroxyl groups is 2. The highest BCUT2D eigenvalue weighted by Crippen LogP contribution is 2.34. The summed E-state index contributed by atoms with van der Waals surface area (Å²) in [6, 6.07) is 12.4. The summed E-state index contributed by atoms with van der Waals surface area (Å²) in [6.45, 7) is 0. The minimum atomic E-state index is -0.536. The smallest absolute Gasteiger partial charge is 0.238 e. The molecule has 0 aliphatic carbocycles. The van der Waals surface area contributed by atoms with E-state index in [0.717, 1.165) is 0 Å². The number of benzene rings is 2. The molecule has 2 aromatic rings. The van der Waals surface area contributed by atoms with Crippen LogP contribution in [0.5, 0.6) is 11.5 Å². The molecule has 0 aliphatic heterocycles. The van der Waals surface area contributed by atoms with Crippen LogP contribution in [0.15, 0.2) is 36.4 Å². The van der Waals surface area contributed by atoms with E-state index in [1.54, 1.807) is 24.3 Å². The molecule has 0 saturated heterocycles. The highest BCUT2D eigenvalue weighted by molar-refractivity contribution is 5.95. The van der Waals surface area contributed by atoms with Crippen LogP contribution < -0.4 is 10.6 Å². The number of phenols is 2. The largest absolute Gasteiger partial charge is 0.506 e. The third-order valence-electron chi connectivity index (χ3n) is 3.36. The average Bonchev–Trinajstić information content (AvgIpc) is 2.59. The number of phenolic OH excluding ortho intramolecular Hbond substituents is 2. The van der Waals surface area contributed by atoms with Gasteiger partial charge in [-0.3, -0.25) is 9.59 Å². The first-order valence-corrected chi connectivity index (χ1v) is 7.44. The Morgan fingerprint density at radius 3 is 1.50 bits per heavy atom. The van der Waals surface area contributed by atoms with Crippen molar-refractivity contribution in [2.24, 2.45) is 0 Å². The molecule has 4 N–H and O–H groups in total. The molecule has 0 unspecified atom stereocenters. The summed E-state index contributed by atoms with van der Waals surface area (Å²) in [5.41, 5.74) is 1.45. The van der Waals surface area contributed by atoms with Gasteiger partial charge in [0.25, 0.3) is 0 Å². The second-order valence-electron chi connectivity index (χ2n) is 5.23. The topological polar surface area (TPSA) is 146 Å². The summed E-state index contributed by atoms with van der Waals surface area (Å²) in [6.07, 6.45) is -0.651. The molecule has 0 aromatic heterocycles. The van der Waals surface area contributed by atoms with Crippen LogP contribution in [0.1, 0.15) is 12.8 Å². The number of nitrogens with zero attached hydrogens (tertiary/aromatic N) is 2. The molecule has 0 heterocycles. The Balaban J connectivity index is 2.21. The van der Waals surface area contributed by atoms with Gasteiger partial charge in [-0.2, -0.15) is 10.5 Å². The van der Waals surface area contributed by atoms with Crippen LogP contribution in [0.3, 0.4) is 0 Å². The van der Waals surface area contributed by atoms with Gasteiger partial charge >= 0.3 is 0 Å². The summed E-state index contributed by atoms with van der Waals surface area (Å²) >= 11 is 0. The van der Waals surface area contributed by atoms with Crippen molar-refractivity contribution in [2.45, 2.75) is 12.8 Å². The molecule has 0 fully saturated rings. The summed E-state index contributed by atoms with van der Waals surface area (Å²) < 4.78 is 0. The highest BCUT2D eigenvalue weighted by Gasteiger charge is 2.11. The molecular weight excluding hydrogens is 336 g/mol. The molecule has 26 heavy (non-hydrogen) atoms. The average molecular weight is 350 g/mol. The Kier molecular flexibility index (Phi) is 5.75. The minimum absolute atomic E-state index is 0.165. The molecule has 8 heteroatoms. The van der Waals surface area contributed by atoms with Crippen molar-refractivity contribution in [3.8, 4) is 34.8 Å². The Morgan fingerprint density at radius 1 is 0.808 bits per heavy atom. The number of anilines is 2. The van der Waals surface area contributed by atoms with Crippen molar-refractivity contribution >= 4 is 23.2 Å². The predicted molar refractivity (Wildman–Crippen MR) is 92.9 cm³/mol. The zero-order chi connectivity index (χ0) is 19.1. The van der Waals surface area contributed by atoms with Gasteiger partial charge in [-0.25, -0.2) is 0 Å². The summed E-state index contributed by atoms with van der Waals surface area (Å²) in [4.78, 5) is 22.8. The van der Waals surface area contributed by atoms with Crippen LogP contribution in [0, 0.1) is 22.7 Å². The molecule has 0 aliphatic rings. The van der Waals surface area contributed by atoms with E-state index in [4.69, 9.17) is 10.5 Å². The van der Waals surface area contributed by atoms with Crippen LogP contribution in [0.25, 0.3) is 11.1 Å². The number of carbonyl (C=O) groups excluding carboxylic acids is 2. The van der Waals surface area contributed by atoms with E-state index in [2.05, 4.69) is 10.6 Å². The Labute approximate surface area is 148 Å². The Hall–Kier alpha value is -4.04. The molecule has 0 bridgehead atoms. The fourth-order valence-corrected chi connectivity index (χ4v) is 2.17. The normalized spacial score (nSPS) is 9.62. The lowest BCUT2D eigenvalue weighted by atomic mass is 10.0. The molecule has 0 atom stereocenters. The standard InChI is InChI=1S/C18H14N4O4/c19-7-5-17(25)21-13-3-1-11(9-15(13)23)12-2-4-14(16(24)10-12)22-18(26)6-8-20/h1-4,9-10,23-24H,5-6H2,(H,21,25)(H,22,26). The molecule has 0 radical (unpaired) electrons. The van der Waals surface area contributed by atoms with E-state index in [9.17, 15) is 19.8 Å². The van der Waals surface area contributed by atoms with Crippen molar-refractivity contribution in [2.75, 3.05) is 10.6 Å². The second kappa shape index (κ2) is 8.18. The first-order chi connectivity index (χ1) is 12.4. The number of carbonyl (C=O) groups is 2. The predicted octanol–water partition coefficient (Wildman–Crippen LogP) is 2.47. The summed E-state index contributed by atoms with van der Waals surface area (Å²) in [5, 5.41) is 41.8. The zero-order valence-electron chi connectivity index (χ0n) is 13.5. The van der Waals surface area contributed by atoms with E-state index in [-0.39, 0.29) is 35.7 Å². The van der Waals surface area contributed by atoms with Gasteiger partial charge in [-0.05, 0) is 35.4 Å². The van der Waals surface area contributed by atoms with Gasteiger partial charge in [0.15, 0.2) is 0 Å². The van der Waals surface area contributed by atoms with Crippen molar-refractivity contribution in [3.63, 3.8) is 0 Å². The number of hydrogen-bond donors (Lipinski definition) is 4. The molecule has 2 amide bonds. The lowest BCUT2D eigenvalue weighted by Gasteiger charge is -2.10. The lowest BCUT2D eigenvalue weighted by molar-refractivity contribution is -0.116. The molecule has 0 saturated carbocycles. The van der Waals surface area contributed by atoms with Crippen molar-refractivity contribution in [3.05, 3.63) is 36.4 Å². The van der Waals surface area contributed by atoms with E-state index < -0.39 is 11.8 Å². The van der Waals surface area contributed by atoms with Crippen LogP contribution in [0.4, 0.5) is 11.4 Å². The molecule has 130 valence electrons. The van der Waals surface area contributed by atoms with E-state index in [1.807, 2.05) is 0 Å². The molecule has 8 nitrogen and oxygen atoms in total. The fraction of sp³-hybridized carbons (Fsp3) is 0.111. The summed E-state index contributed by atoms with van der Waals surface area (Å²) in [7, 11) is 0. The number of nitrogens with one attached hydrogen (secondary N) is 2. The maximum atomic E-state index is 11.4. The quantitative estimate of drug-likeness (QED) is 0.609. The molecule has 2 aromatic carbocycles. The van der Waals surface area contributed by atoms with Crippen molar-refractivity contribution in [1.82, 2.24) is 0 Å². The first-order valence-electron chi connectivity index (χ1n) is 7.44. The maximum Gasteiger partial charge on any atom is 0.238 e. The van der Waals surface area contributed by atoms with Crippen LogP contribution in [0.2, 0.25) is 0 Å². The summed E-state index contributed by atoms with van der Waals surface area (Å²) in [5.74, 6) is -1.46. The zero-order valence-corrected chi connectivity index (χ0v) is 13.5. The molecular formula is C18H14N4O4. The van der Waals surface area contributed by atoms with Gasteiger partial charge < -0.3 is 20.8 Å².